The van der Waals surface area contributed by atoms with Crippen molar-refractivity contribution in [2.75, 3.05) is 72.0 Å². The van der Waals surface area contributed by atoms with E-state index in [1.807, 2.05) is 77.0 Å². The van der Waals surface area contributed by atoms with Crippen molar-refractivity contribution in [1.82, 2.24) is 20.0 Å². The highest BCUT2D eigenvalue weighted by molar-refractivity contribution is 8.93. The van der Waals surface area contributed by atoms with E-state index in [1.54, 1.807) is 0 Å². The normalized spacial score (nSPS) is 18.1. The molecule has 11 heteroatoms. The Morgan fingerprint density at radius 1 is 0.541 bits per heavy atom. The van der Waals surface area contributed by atoms with Gasteiger partial charge in [-0.15, -0.1) is 17.0 Å². The molecule has 218 valence electrons. The number of ether oxygens (including phenoxy) is 3. The van der Waals surface area contributed by atoms with Crippen molar-refractivity contribution < 1.29 is 28.6 Å². The van der Waals surface area contributed by atoms with Crippen molar-refractivity contribution in [2.24, 2.45) is 0 Å². The van der Waals surface area contributed by atoms with E-state index in [9.17, 15) is 14.4 Å². The van der Waals surface area contributed by atoms with Crippen LogP contribution >= 0.6 is 17.0 Å². The molecule has 1 aliphatic rings. The Kier molecular flexibility index (Phi) is 15.4. The van der Waals surface area contributed by atoms with Gasteiger partial charge in [-0.25, -0.2) is 0 Å². The second-order valence-electron chi connectivity index (χ2n) is 12.3. The van der Waals surface area contributed by atoms with Crippen LogP contribution < -0.4 is 5.32 Å². The van der Waals surface area contributed by atoms with Gasteiger partial charge in [-0.3, -0.25) is 29.1 Å². The van der Waals surface area contributed by atoms with Crippen LogP contribution in [0.25, 0.3) is 0 Å². The minimum Gasteiger partial charge on any atom is -0.459 e. The molecule has 0 unspecified atom stereocenters. The van der Waals surface area contributed by atoms with Gasteiger partial charge in [-0.1, -0.05) is 0 Å². The molecule has 0 saturated carbocycles. The third-order valence-electron chi connectivity index (χ3n) is 4.99. The highest BCUT2D eigenvalue weighted by Gasteiger charge is 2.24. The first kappa shape index (κ1) is 35.7. The molecule has 1 rings (SSSR count). The van der Waals surface area contributed by atoms with Gasteiger partial charge in [0.15, 0.2) is 0 Å². The molecule has 0 amide bonds. The third-order valence-corrected chi connectivity index (χ3v) is 4.99. The molecular formula is C26H51BrN4O6. The number of hydrogen-bond donors (Lipinski definition) is 1. The third kappa shape index (κ3) is 19.5. The fraction of sp³-hybridized carbons (Fsp3) is 0.885. The quantitative estimate of drug-likeness (QED) is 0.363. The zero-order valence-corrected chi connectivity index (χ0v) is 26.2. The van der Waals surface area contributed by atoms with Crippen LogP contribution in [-0.2, 0) is 28.6 Å². The molecule has 1 saturated heterocycles. The molecule has 0 radical (unpaired) electrons. The molecule has 0 aromatic carbocycles. The summed E-state index contributed by atoms with van der Waals surface area (Å²) >= 11 is 0. The Morgan fingerprint density at radius 3 is 1.03 bits per heavy atom. The van der Waals surface area contributed by atoms with Crippen molar-refractivity contribution in [2.45, 2.75) is 79.1 Å². The van der Waals surface area contributed by atoms with Crippen molar-refractivity contribution in [3.8, 4) is 0 Å². The molecule has 0 aliphatic carbocycles. The summed E-state index contributed by atoms with van der Waals surface area (Å²) in [5, 5.41) is 3.40. The molecule has 0 atom stereocenters. The van der Waals surface area contributed by atoms with E-state index in [0.29, 0.717) is 52.4 Å². The average Bonchev–Trinajstić information content (AvgIpc) is 2.63. The van der Waals surface area contributed by atoms with Gasteiger partial charge in [-0.2, -0.15) is 0 Å². The van der Waals surface area contributed by atoms with Gasteiger partial charge >= 0.3 is 17.9 Å². The van der Waals surface area contributed by atoms with E-state index in [1.165, 1.54) is 0 Å². The number of nitrogens with zero attached hydrogens (tertiary/aromatic N) is 3. The SMILES string of the molecule is Br.CC(C)(C)OC(=O)CN1CCNCCN(CC(=O)OC(C)(C)C)CCN(CC(=O)OC(C)(C)C)CC1. The smallest absolute Gasteiger partial charge is 0.320 e. The van der Waals surface area contributed by atoms with Crippen molar-refractivity contribution in [1.29, 1.82) is 0 Å². The van der Waals surface area contributed by atoms with E-state index < -0.39 is 16.8 Å². The molecule has 0 bridgehead atoms. The largest absolute Gasteiger partial charge is 0.459 e. The number of hydrogen-bond acceptors (Lipinski definition) is 10. The molecule has 0 spiro atoms. The zero-order valence-electron chi connectivity index (χ0n) is 24.5. The Bertz CT molecular complexity index is 671. The average molecular weight is 596 g/mol. The van der Waals surface area contributed by atoms with Gasteiger partial charge in [-0.05, 0) is 62.3 Å². The second kappa shape index (κ2) is 16.0. The maximum Gasteiger partial charge on any atom is 0.320 e. The first-order valence-corrected chi connectivity index (χ1v) is 13.0. The number of nitrogens with one attached hydrogen (secondary N) is 1. The molecule has 0 aromatic rings. The lowest BCUT2D eigenvalue weighted by Crippen LogP contribution is -2.48. The number of rotatable bonds is 6. The van der Waals surface area contributed by atoms with Crippen LogP contribution in [0.5, 0.6) is 0 Å². The van der Waals surface area contributed by atoms with E-state index >= 15 is 0 Å². The van der Waals surface area contributed by atoms with Crippen LogP contribution in [0.15, 0.2) is 0 Å². The number of carbonyl (C=O) groups is 3. The van der Waals surface area contributed by atoms with Crippen LogP contribution in [0.4, 0.5) is 0 Å². The van der Waals surface area contributed by atoms with E-state index in [-0.39, 0.29) is 54.5 Å². The van der Waals surface area contributed by atoms with Gasteiger partial charge in [0.1, 0.15) is 16.8 Å². The molecule has 37 heavy (non-hydrogen) atoms. The Hall–Kier alpha value is -1.27. The molecule has 1 fully saturated rings. The summed E-state index contributed by atoms with van der Waals surface area (Å²) in [6.07, 6.45) is 0. The fourth-order valence-electron chi connectivity index (χ4n) is 3.64. The predicted molar refractivity (Wildman–Crippen MR) is 150 cm³/mol. The first-order valence-electron chi connectivity index (χ1n) is 13.0. The van der Waals surface area contributed by atoms with Gasteiger partial charge in [0, 0.05) is 52.4 Å². The molecule has 0 aromatic heterocycles. The van der Waals surface area contributed by atoms with Crippen LogP contribution in [0.3, 0.4) is 0 Å². The highest BCUT2D eigenvalue weighted by Crippen LogP contribution is 2.10. The lowest BCUT2D eigenvalue weighted by Gasteiger charge is -2.32. The van der Waals surface area contributed by atoms with Gasteiger partial charge in [0.05, 0.1) is 19.6 Å². The Balaban J connectivity index is 0.0000130. The minimum absolute atomic E-state index is 0. The highest BCUT2D eigenvalue weighted by atomic mass is 79.9. The Morgan fingerprint density at radius 2 is 0.784 bits per heavy atom. The molecule has 1 N–H and O–H groups in total. The summed E-state index contributed by atoms with van der Waals surface area (Å²) in [6.45, 7) is 22.2. The lowest BCUT2D eigenvalue weighted by atomic mass is 10.2. The first-order chi connectivity index (χ1) is 16.4. The molecule has 1 heterocycles. The summed E-state index contributed by atoms with van der Waals surface area (Å²) in [5.74, 6) is -0.831. The second-order valence-corrected chi connectivity index (χ2v) is 12.3. The summed E-state index contributed by atoms with van der Waals surface area (Å²) in [6, 6.07) is 0. The summed E-state index contributed by atoms with van der Waals surface area (Å²) in [4.78, 5) is 43.6. The van der Waals surface area contributed by atoms with Gasteiger partial charge in [0.25, 0.3) is 0 Å². The standard InChI is InChI=1S/C26H50N4O6.BrH/c1-24(2,3)34-21(31)18-28-12-10-27-11-13-29(19-22(32)35-25(4,5)6)15-17-30(16-14-28)20-23(33)36-26(7,8)9;/h27H,10-20H2,1-9H3;1H. The van der Waals surface area contributed by atoms with E-state index in [4.69, 9.17) is 14.2 Å². The molecule has 10 nitrogen and oxygen atoms in total. The van der Waals surface area contributed by atoms with Crippen LogP contribution in [0.2, 0.25) is 0 Å². The minimum atomic E-state index is -0.569. The van der Waals surface area contributed by atoms with Gasteiger partial charge < -0.3 is 19.5 Å². The van der Waals surface area contributed by atoms with Gasteiger partial charge in [0.2, 0.25) is 0 Å². The van der Waals surface area contributed by atoms with E-state index in [2.05, 4.69) is 5.32 Å². The maximum absolute atomic E-state index is 12.6. The van der Waals surface area contributed by atoms with Crippen LogP contribution in [0.1, 0.15) is 62.3 Å². The summed E-state index contributed by atoms with van der Waals surface area (Å²) < 4.78 is 16.6. The van der Waals surface area contributed by atoms with Crippen molar-refractivity contribution in [3.05, 3.63) is 0 Å². The molecule has 1 aliphatic heterocycles. The maximum atomic E-state index is 12.6. The predicted octanol–water partition coefficient (Wildman–Crippen LogP) is 2.10. The zero-order chi connectivity index (χ0) is 27.6. The summed E-state index contributed by atoms with van der Waals surface area (Å²) in [7, 11) is 0. The van der Waals surface area contributed by atoms with E-state index in [0.717, 1.165) is 0 Å². The van der Waals surface area contributed by atoms with Crippen molar-refractivity contribution in [3.63, 3.8) is 0 Å². The van der Waals surface area contributed by atoms with Crippen molar-refractivity contribution >= 4 is 34.9 Å². The number of esters is 3. The lowest BCUT2D eigenvalue weighted by molar-refractivity contribution is -0.158. The topological polar surface area (TPSA) is 101 Å². The molecular weight excluding hydrogens is 544 g/mol. The van der Waals surface area contributed by atoms with Crippen LogP contribution in [-0.4, -0.2) is 121 Å². The number of carbonyl (C=O) groups excluding carboxylic acids is 3. The van der Waals surface area contributed by atoms with Crippen LogP contribution in [0, 0.1) is 0 Å². The summed E-state index contributed by atoms with van der Waals surface area (Å²) in [5.41, 5.74) is -1.65. The Labute approximate surface area is 234 Å². The number of halogens is 1. The fourth-order valence-corrected chi connectivity index (χ4v) is 3.64. The monoisotopic (exact) mass is 594 g/mol.